The lowest BCUT2D eigenvalue weighted by molar-refractivity contribution is -0.126. The van der Waals surface area contributed by atoms with Gasteiger partial charge in [-0.2, -0.15) is 0 Å². The zero-order chi connectivity index (χ0) is 21.8. The minimum atomic E-state index is 0.0747. The molecule has 0 saturated carbocycles. The number of carbonyl (C=O) groups excluding carboxylic acids is 1. The molecule has 0 bridgehead atoms. The average molecular weight is 424 g/mol. The zero-order valence-electron chi connectivity index (χ0n) is 18.3. The Kier molecular flexibility index (Phi) is 6.04. The molecule has 4 heteroatoms. The van der Waals surface area contributed by atoms with Gasteiger partial charge in [-0.15, -0.1) is 0 Å². The van der Waals surface area contributed by atoms with E-state index in [1.165, 1.54) is 16.8 Å². The van der Waals surface area contributed by atoms with E-state index in [0.717, 1.165) is 38.3 Å². The van der Waals surface area contributed by atoms with E-state index in [9.17, 15) is 4.79 Å². The molecular weight excluding hydrogens is 394 g/mol. The van der Waals surface area contributed by atoms with E-state index in [-0.39, 0.29) is 11.9 Å². The Morgan fingerprint density at radius 1 is 0.844 bits per heavy atom. The summed E-state index contributed by atoms with van der Waals surface area (Å²) in [6, 6.07) is 29.5. The van der Waals surface area contributed by atoms with Crippen LogP contribution >= 0.6 is 0 Å². The molecule has 0 aliphatic carbocycles. The third-order valence-electron chi connectivity index (χ3n) is 6.44. The first-order valence-corrected chi connectivity index (χ1v) is 11.4. The monoisotopic (exact) mass is 423 g/mol. The summed E-state index contributed by atoms with van der Waals surface area (Å²) < 4.78 is 0. The number of anilines is 1. The predicted molar refractivity (Wildman–Crippen MR) is 130 cm³/mol. The Balaban J connectivity index is 1.36. The predicted octanol–water partition coefficient (Wildman–Crippen LogP) is 4.43. The molecule has 2 aliphatic heterocycles. The van der Waals surface area contributed by atoms with E-state index in [4.69, 9.17) is 0 Å². The van der Waals surface area contributed by atoms with Gasteiger partial charge in [0.1, 0.15) is 0 Å². The first kappa shape index (κ1) is 20.5. The summed E-state index contributed by atoms with van der Waals surface area (Å²) >= 11 is 0. The molecule has 32 heavy (non-hydrogen) atoms. The van der Waals surface area contributed by atoms with Crippen molar-refractivity contribution in [2.45, 2.75) is 19.1 Å². The van der Waals surface area contributed by atoms with Crippen molar-refractivity contribution in [2.75, 3.05) is 31.1 Å². The lowest BCUT2D eigenvalue weighted by atomic mass is 10.1. The van der Waals surface area contributed by atoms with Gasteiger partial charge in [0.15, 0.2) is 0 Å². The highest BCUT2D eigenvalue weighted by Gasteiger charge is 2.33. The summed E-state index contributed by atoms with van der Waals surface area (Å²) in [5.41, 5.74) is 4.89. The van der Waals surface area contributed by atoms with Gasteiger partial charge in [0, 0.05) is 51.0 Å². The largest absolute Gasteiger partial charge is 0.364 e. The van der Waals surface area contributed by atoms with Crippen LogP contribution in [0.4, 0.5) is 5.69 Å². The van der Waals surface area contributed by atoms with Crippen LogP contribution in [0, 0.1) is 0 Å². The fourth-order valence-corrected chi connectivity index (χ4v) is 4.83. The minimum absolute atomic E-state index is 0.0747. The number of hydrogen-bond donors (Lipinski definition) is 0. The molecule has 0 N–H and O–H groups in total. The van der Waals surface area contributed by atoms with E-state index >= 15 is 0 Å². The number of para-hydroxylation sites is 1. The summed E-state index contributed by atoms with van der Waals surface area (Å²) in [7, 11) is 0. The Morgan fingerprint density at radius 3 is 2.38 bits per heavy atom. The van der Waals surface area contributed by atoms with Crippen LogP contribution in [0.25, 0.3) is 6.08 Å². The molecule has 5 rings (SSSR count). The van der Waals surface area contributed by atoms with Gasteiger partial charge in [-0.25, -0.2) is 0 Å². The number of nitrogens with zero attached hydrogens (tertiary/aromatic N) is 3. The molecule has 3 aromatic rings. The molecule has 0 aromatic heterocycles. The van der Waals surface area contributed by atoms with Gasteiger partial charge in [0.2, 0.25) is 5.91 Å². The summed E-state index contributed by atoms with van der Waals surface area (Å²) in [5.74, 6) is 0.0747. The summed E-state index contributed by atoms with van der Waals surface area (Å²) in [6.07, 6.45) is 3.64. The second-order valence-electron chi connectivity index (χ2n) is 8.66. The molecule has 1 atom stereocenters. The maximum atomic E-state index is 13.2. The first-order valence-electron chi connectivity index (χ1n) is 11.4. The van der Waals surface area contributed by atoms with Crippen LogP contribution in [-0.2, 0) is 17.9 Å². The number of piperazine rings is 1. The standard InChI is InChI=1S/C28H29N3O/c32-28(16-15-23-9-3-1-4-10-23)30-20-25-13-7-8-14-27(25)31-18-17-29(21-26(31)22-30)19-24-11-5-2-6-12-24/h1-16,26H,17-22H2/b16-15+. The first-order chi connectivity index (χ1) is 15.8. The fraction of sp³-hybridized carbons (Fsp3) is 0.250. The van der Waals surface area contributed by atoms with Crippen molar-refractivity contribution in [1.82, 2.24) is 9.80 Å². The van der Waals surface area contributed by atoms with Crippen molar-refractivity contribution in [3.8, 4) is 0 Å². The fourth-order valence-electron chi connectivity index (χ4n) is 4.83. The summed E-state index contributed by atoms with van der Waals surface area (Å²) in [4.78, 5) is 20.2. The van der Waals surface area contributed by atoms with Gasteiger partial charge in [0.25, 0.3) is 0 Å². The van der Waals surface area contributed by atoms with E-state index in [1.807, 2.05) is 41.3 Å². The van der Waals surface area contributed by atoms with Crippen molar-refractivity contribution in [3.05, 3.63) is 108 Å². The summed E-state index contributed by atoms with van der Waals surface area (Å²) in [6.45, 7) is 5.31. The van der Waals surface area contributed by atoms with Crippen LogP contribution in [0.3, 0.4) is 0 Å². The molecule has 1 fully saturated rings. The van der Waals surface area contributed by atoms with Crippen LogP contribution in [0.15, 0.2) is 91.0 Å². The Labute approximate surface area is 190 Å². The second kappa shape index (κ2) is 9.41. The molecule has 1 unspecified atom stereocenters. The van der Waals surface area contributed by atoms with Gasteiger partial charge in [-0.3, -0.25) is 9.69 Å². The lowest BCUT2D eigenvalue weighted by Gasteiger charge is -2.43. The molecule has 3 aromatic carbocycles. The molecule has 0 spiro atoms. The molecule has 1 amide bonds. The Morgan fingerprint density at radius 2 is 1.56 bits per heavy atom. The Bertz CT molecular complexity index is 1080. The second-order valence-corrected chi connectivity index (χ2v) is 8.66. The van der Waals surface area contributed by atoms with Crippen molar-refractivity contribution in [3.63, 3.8) is 0 Å². The molecule has 162 valence electrons. The molecule has 4 nitrogen and oxygen atoms in total. The lowest BCUT2D eigenvalue weighted by Crippen LogP contribution is -2.56. The van der Waals surface area contributed by atoms with E-state index < -0.39 is 0 Å². The van der Waals surface area contributed by atoms with Gasteiger partial charge in [-0.1, -0.05) is 78.9 Å². The van der Waals surface area contributed by atoms with Crippen LogP contribution < -0.4 is 4.90 Å². The normalized spacial score (nSPS) is 18.8. The number of carbonyl (C=O) groups is 1. The van der Waals surface area contributed by atoms with Crippen LogP contribution in [0.2, 0.25) is 0 Å². The average Bonchev–Trinajstić information content (AvgIpc) is 3.00. The van der Waals surface area contributed by atoms with Crippen molar-refractivity contribution >= 4 is 17.7 Å². The molecule has 2 heterocycles. The number of amides is 1. The molecule has 1 saturated heterocycles. The van der Waals surface area contributed by atoms with Crippen LogP contribution in [0.5, 0.6) is 0 Å². The van der Waals surface area contributed by atoms with E-state index in [0.29, 0.717) is 6.54 Å². The SMILES string of the molecule is O=C(/C=C/c1ccccc1)N1Cc2ccccc2N2CCN(Cc3ccccc3)CC2C1. The molecule has 2 aliphatic rings. The third-order valence-corrected chi connectivity index (χ3v) is 6.44. The number of rotatable bonds is 4. The van der Waals surface area contributed by atoms with Crippen LogP contribution in [-0.4, -0.2) is 47.9 Å². The maximum Gasteiger partial charge on any atom is 0.246 e. The van der Waals surface area contributed by atoms with Gasteiger partial charge in [0.05, 0.1) is 6.04 Å². The topological polar surface area (TPSA) is 26.8 Å². The highest BCUT2D eigenvalue weighted by molar-refractivity contribution is 5.92. The minimum Gasteiger partial charge on any atom is -0.364 e. The van der Waals surface area contributed by atoms with Gasteiger partial charge in [-0.05, 0) is 28.8 Å². The van der Waals surface area contributed by atoms with Crippen molar-refractivity contribution < 1.29 is 4.79 Å². The molecular formula is C28H29N3O. The van der Waals surface area contributed by atoms with E-state index in [1.54, 1.807) is 6.08 Å². The smallest absolute Gasteiger partial charge is 0.246 e. The van der Waals surface area contributed by atoms with Gasteiger partial charge < -0.3 is 9.80 Å². The molecule has 0 radical (unpaired) electrons. The van der Waals surface area contributed by atoms with Gasteiger partial charge >= 0.3 is 0 Å². The summed E-state index contributed by atoms with van der Waals surface area (Å²) in [5, 5.41) is 0. The Hall–Kier alpha value is -3.37. The number of hydrogen-bond acceptors (Lipinski definition) is 3. The van der Waals surface area contributed by atoms with E-state index in [2.05, 4.69) is 64.4 Å². The highest BCUT2D eigenvalue weighted by atomic mass is 16.2. The third kappa shape index (κ3) is 4.61. The van der Waals surface area contributed by atoms with Crippen LogP contribution in [0.1, 0.15) is 16.7 Å². The maximum absolute atomic E-state index is 13.2. The van der Waals surface area contributed by atoms with Crippen molar-refractivity contribution in [1.29, 1.82) is 0 Å². The quantitative estimate of drug-likeness (QED) is 0.581. The van der Waals surface area contributed by atoms with Crippen molar-refractivity contribution in [2.24, 2.45) is 0 Å². The number of fused-ring (bicyclic) bond motifs is 3. The number of benzene rings is 3. The highest BCUT2D eigenvalue weighted by Crippen LogP contribution is 2.30. The zero-order valence-corrected chi connectivity index (χ0v) is 18.3.